The Morgan fingerprint density at radius 2 is 2.06 bits per heavy atom. The lowest BCUT2D eigenvalue weighted by atomic mass is 10.1. The SMILES string of the molecule is Cc1ccsc1CNCc1ccccc1C#N. The predicted octanol–water partition coefficient (Wildman–Crippen LogP) is 3.22. The van der Waals surface area contributed by atoms with Crippen LogP contribution in [0.3, 0.4) is 0 Å². The molecule has 3 heteroatoms. The second kappa shape index (κ2) is 5.62. The molecule has 0 aliphatic rings. The van der Waals surface area contributed by atoms with Gasteiger partial charge in [-0.2, -0.15) is 5.26 Å². The van der Waals surface area contributed by atoms with Crippen molar-refractivity contribution >= 4 is 11.3 Å². The summed E-state index contributed by atoms with van der Waals surface area (Å²) in [6, 6.07) is 12.1. The van der Waals surface area contributed by atoms with Gasteiger partial charge in [0.25, 0.3) is 0 Å². The third-order valence-corrected chi connectivity index (χ3v) is 3.73. The standard InChI is InChI=1S/C14H14N2S/c1-11-6-7-17-14(11)10-16-9-13-5-3-2-4-12(13)8-15/h2-7,16H,9-10H2,1H3. The Kier molecular flexibility index (Phi) is 3.92. The van der Waals surface area contributed by atoms with E-state index in [9.17, 15) is 0 Å². The second-order valence-corrected chi connectivity index (χ2v) is 4.90. The fourth-order valence-corrected chi connectivity index (χ4v) is 2.56. The number of thiophene rings is 1. The van der Waals surface area contributed by atoms with Gasteiger partial charge in [-0.3, -0.25) is 0 Å². The summed E-state index contributed by atoms with van der Waals surface area (Å²) >= 11 is 1.77. The molecule has 0 aliphatic heterocycles. The summed E-state index contributed by atoms with van der Waals surface area (Å²) in [5, 5.41) is 14.5. The summed E-state index contributed by atoms with van der Waals surface area (Å²) in [7, 11) is 0. The Hall–Kier alpha value is -1.63. The molecule has 0 saturated heterocycles. The number of aryl methyl sites for hydroxylation is 1. The Balaban J connectivity index is 1.95. The average Bonchev–Trinajstić information content (AvgIpc) is 2.76. The van der Waals surface area contributed by atoms with Crippen molar-refractivity contribution in [2.24, 2.45) is 0 Å². The van der Waals surface area contributed by atoms with Crippen molar-refractivity contribution in [1.82, 2.24) is 5.32 Å². The molecule has 0 amide bonds. The molecule has 0 unspecified atom stereocenters. The number of benzene rings is 1. The third-order valence-electron chi connectivity index (χ3n) is 2.71. The van der Waals surface area contributed by atoms with Crippen LogP contribution in [0.4, 0.5) is 0 Å². The van der Waals surface area contributed by atoms with E-state index in [-0.39, 0.29) is 0 Å². The number of nitrogens with zero attached hydrogens (tertiary/aromatic N) is 1. The molecular formula is C14H14N2S. The number of hydrogen-bond acceptors (Lipinski definition) is 3. The lowest BCUT2D eigenvalue weighted by Crippen LogP contribution is -2.13. The first-order chi connectivity index (χ1) is 8.31. The molecule has 2 aromatic rings. The number of nitriles is 1. The minimum atomic E-state index is 0.737. The van der Waals surface area contributed by atoms with Crippen LogP contribution in [0, 0.1) is 18.3 Å². The zero-order valence-electron chi connectivity index (χ0n) is 9.73. The number of rotatable bonds is 4. The van der Waals surface area contributed by atoms with Gasteiger partial charge in [0.1, 0.15) is 0 Å². The van der Waals surface area contributed by atoms with E-state index in [1.165, 1.54) is 10.4 Å². The molecule has 0 bridgehead atoms. The molecule has 0 aliphatic carbocycles. The third kappa shape index (κ3) is 2.94. The van der Waals surface area contributed by atoms with Gasteiger partial charge in [0.2, 0.25) is 0 Å². The van der Waals surface area contributed by atoms with Crippen molar-refractivity contribution in [3.63, 3.8) is 0 Å². The fraction of sp³-hybridized carbons (Fsp3) is 0.214. The Bertz CT molecular complexity index is 537. The zero-order valence-corrected chi connectivity index (χ0v) is 10.6. The van der Waals surface area contributed by atoms with Gasteiger partial charge in [0, 0.05) is 18.0 Å². The van der Waals surface area contributed by atoms with Crippen molar-refractivity contribution in [2.45, 2.75) is 20.0 Å². The molecule has 1 heterocycles. The fourth-order valence-electron chi connectivity index (χ4n) is 1.68. The maximum atomic E-state index is 8.97. The van der Waals surface area contributed by atoms with Gasteiger partial charge in [-0.15, -0.1) is 11.3 Å². The maximum absolute atomic E-state index is 8.97. The smallest absolute Gasteiger partial charge is 0.0995 e. The first-order valence-electron chi connectivity index (χ1n) is 5.53. The first-order valence-corrected chi connectivity index (χ1v) is 6.41. The first kappa shape index (κ1) is 11.8. The quantitative estimate of drug-likeness (QED) is 0.893. The van der Waals surface area contributed by atoms with Gasteiger partial charge in [-0.25, -0.2) is 0 Å². The van der Waals surface area contributed by atoms with Crippen LogP contribution >= 0.6 is 11.3 Å². The predicted molar refractivity (Wildman–Crippen MR) is 70.8 cm³/mol. The topological polar surface area (TPSA) is 35.8 Å². The zero-order chi connectivity index (χ0) is 12.1. The molecule has 0 atom stereocenters. The summed E-state index contributed by atoms with van der Waals surface area (Å²) in [6.45, 7) is 3.72. The molecule has 1 aromatic heterocycles. The van der Waals surface area contributed by atoms with Crippen LogP contribution in [-0.4, -0.2) is 0 Å². The van der Waals surface area contributed by atoms with Crippen LogP contribution < -0.4 is 5.32 Å². The lowest BCUT2D eigenvalue weighted by molar-refractivity contribution is 0.697. The van der Waals surface area contributed by atoms with Gasteiger partial charge in [-0.05, 0) is 35.6 Å². The molecule has 0 fully saturated rings. The monoisotopic (exact) mass is 242 g/mol. The highest BCUT2D eigenvalue weighted by Crippen LogP contribution is 2.15. The van der Waals surface area contributed by atoms with Crippen LogP contribution in [0.1, 0.15) is 21.6 Å². The minimum absolute atomic E-state index is 0.737. The molecule has 1 N–H and O–H groups in total. The molecule has 1 aromatic carbocycles. The van der Waals surface area contributed by atoms with E-state index in [1.807, 2.05) is 24.3 Å². The van der Waals surface area contributed by atoms with E-state index < -0.39 is 0 Å². The summed E-state index contributed by atoms with van der Waals surface area (Å²) in [6.07, 6.45) is 0. The van der Waals surface area contributed by atoms with Gasteiger partial charge in [0.05, 0.1) is 11.6 Å². The van der Waals surface area contributed by atoms with Crippen LogP contribution in [0.15, 0.2) is 35.7 Å². The Morgan fingerprint density at radius 1 is 1.24 bits per heavy atom. The van der Waals surface area contributed by atoms with Gasteiger partial charge >= 0.3 is 0 Å². The summed E-state index contributed by atoms with van der Waals surface area (Å²) in [5.74, 6) is 0. The van der Waals surface area contributed by atoms with Crippen LogP contribution in [0.5, 0.6) is 0 Å². The van der Waals surface area contributed by atoms with E-state index in [0.29, 0.717) is 0 Å². The molecule has 17 heavy (non-hydrogen) atoms. The van der Waals surface area contributed by atoms with Crippen molar-refractivity contribution in [2.75, 3.05) is 0 Å². The Morgan fingerprint density at radius 3 is 2.76 bits per heavy atom. The van der Waals surface area contributed by atoms with E-state index in [0.717, 1.165) is 24.2 Å². The van der Waals surface area contributed by atoms with E-state index in [2.05, 4.69) is 29.8 Å². The van der Waals surface area contributed by atoms with E-state index in [4.69, 9.17) is 5.26 Å². The lowest BCUT2D eigenvalue weighted by Gasteiger charge is -2.05. The molecule has 2 rings (SSSR count). The van der Waals surface area contributed by atoms with Gasteiger partial charge < -0.3 is 5.32 Å². The van der Waals surface area contributed by atoms with Gasteiger partial charge in [0.15, 0.2) is 0 Å². The number of hydrogen-bond donors (Lipinski definition) is 1. The summed E-state index contributed by atoms with van der Waals surface area (Å²) in [5.41, 5.74) is 3.14. The van der Waals surface area contributed by atoms with Crippen molar-refractivity contribution < 1.29 is 0 Å². The van der Waals surface area contributed by atoms with Crippen LogP contribution in [0.2, 0.25) is 0 Å². The highest BCUT2D eigenvalue weighted by Gasteiger charge is 2.02. The Labute approximate surface area is 106 Å². The minimum Gasteiger partial charge on any atom is -0.308 e. The van der Waals surface area contributed by atoms with Crippen molar-refractivity contribution in [1.29, 1.82) is 5.26 Å². The molecule has 86 valence electrons. The van der Waals surface area contributed by atoms with Crippen LogP contribution in [-0.2, 0) is 13.1 Å². The highest BCUT2D eigenvalue weighted by atomic mass is 32.1. The normalized spacial score (nSPS) is 10.1. The summed E-state index contributed by atoms with van der Waals surface area (Å²) < 4.78 is 0. The molecule has 2 nitrogen and oxygen atoms in total. The second-order valence-electron chi connectivity index (χ2n) is 3.90. The molecule has 0 saturated carbocycles. The van der Waals surface area contributed by atoms with Crippen molar-refractivity contribution in [3.05, 3.63) is 57.3 Å². The number of nitrogens with one attached hydrogen (secondary N) is 1. The highest BCUT2D eigenvalue weighted by molar-refractivity contribution is 7.10. The van der Waals surface area contributed by atoms with E-state index in [1.54, 1.807) is 11.3 Å². The van der Waals surface area contributed by atoms with Gasteiger partial charge in [-0.1, -0.05) is 18.2 Å². The largest absolute Gasteiger partial charge is 0.308 e. The maximum Gasteiger partial charge on any atom is 0.0995 e. The van der Waals surface area contributed by atoms with Crippen LogP contribution in [0.25, 0.3) is 0 Å². The molecular weight excluding hydrogens is 228 g/mol. The molecule has 0 spiro atoms. The van der Waals surface area contributed by atoms with Crippen molar-refractivity contribution in [3.8, 4) is 6.07 Å². The summed E-state index contributed by atoms with van der Waals surface area (Å²) in [4.78, 5) is 1.36. The van der Waals surface area contributed by atoms with E-state index >= 15 is 0 Å². The molecule has 0 radical (unpaired) electrons. The average molecular weight is 242 g/mol.